The fourth-order valence-electron chi connectivity index (χ4n) is 8.25. The van der Waals surface area contributed by atoms with E-state index in [1.807, 2.05) is 24.3 Å². The lowest BCUT2D eigenvalue weighted by Crippen LogP contribution is -2.31. The SMILES string of the molecule is CN(C)[C@@H]1CCN(c2ccc(N)cc2)C1.CN(C)[C@@H]1CCN(c2ccc(Nc3ncc4c(N)n(-c5c(Cl)cccc5Cl)c(=O)nc4n3)cc2)C1.Nc1c2cnc(Cl)nc2nc(=O)n1-c1c(Cl)cccc1Cl. The van der Waals surface area contributed by atoms with E-state index in [4.69, 9.17) is 75.2 Å². The van der Waals surface area contributed by atoms with Crippen LogP contribution >= 0.6 is 58.0 Å². The Morgan fingerprint density at radius 3 is 1.42 bits per heavy atom. The number of hydrogen-bond donors (Lipinski definition) is 4. The third kappa shape index (κ3) is 11.3. The normalized spacial score (nSPS) is 15.5. The minimum Gasteiger partial charge on any atom is -0.399 e. The van der Waals surface area contributed by atoms with Crippen molar-refractivity contribution >= 4 is 120 Å². The number of aromatic nitrogens is 8. The molecule has 7 N–H and O–H groups in total. The predicted octanol–water partition coefficient (Wildman–Crippen LogP) is 8.08. The molecular weight excluding hydrogens is 1010 g/mol. The number of nitrogen functional groups attached to an aromatic ring is 3. The van der Waals surface area contributed by atoms with Crippen molar-refractivity contribution in [3.63, 3.8) is 0 Å². The number of likely N-dealkylation sites (N-methyl/N-ethyl adjacent to an activating group) is 2. The van der Waals surface area contributed by atoms with E-state index in [-0.39, 0.29) is 59.7 Å². The minimum absolute atomic E-state index is 0.0256. The summed E-state index contributed by atoms with van der Waals surface area (Å²) in [6.07, 6.45) is 5.30. The molecule has 0 saturated carbocycles. The maximum atomic E-state index is 12.8. The molecule has 0 amide bonds. The van der Waals surface area contributed by atoms with Crippen molar-refractivity contribution in [2.75, 3.05) is 86.7 Å². The Kier molecular flexibility index (Phi) is 15.7. The van der Waals surface area contributed by atoms with E-state index in [0.29, 0.717) is 28.8 Å². The van der Waals surface area contributed by atoms with E-state index >= 15 is 0 Å². The number of benzene rings is 4. The van der Waals surface area contributed by atoms with Gasteiger partial charge < -0.3 is 42.1 Å². The average molecular weight is 1060 g/mol. The van der Waals surface area contributed by atoms with E-state index in [1.165, 1.54) is 34.8 Å². The molecule has 4 aromatic heterocycles. The maximum Gasteiger partial charge on any atom is 0.355 e. The monoisotopic (exact) mass is 1060 g/mol. The van der Waals surface area contributed by atoms with E-state index in [9.17, 15) is 9.59 Å². The number of fused-ring (bicyclic) bond motifs is 2. The first-order chi connectivity index (χ1) is 34.0. The van der Waals surface area contributed by atoms with Gasteiger partial charge in [0.05, 0.1) is 42.2 Å². The topological polar surface area (TPSA) is 224 Å². The van der Waals surface area contributed by atoms with Crippen molar-refractivity contribution in [2.45, 2.75) is 24.9 Å². The highest BCUT2D eigenvalue weighted by molar-refractivity contribution is 6.38. The average Bonchev–Trinajstić information content (AvgIpc) is 4.04. The lowest BCUT2D eigenvalue weighted by atomic mass is 10.2. The first kappa shape index (κ1) is 50.9. The van der Waals surface area contributed by atoms with Crippen LogP contribution in [-0.4, -0.2) is 115 Å². The van der Waals surface area contributed by atoms with Gasteiger partial charge in [-0.3, -0.25) is 0 Å². The molecule has 6 heterocycles. The number of rotatable bonds is 8. The Bertz CT molecular complexity index is 3300. The van der Waals surface area contributed by atoms with Gasteiger partial charge in [-0.05, 0) is 125 Å². The number of halogens is 5. The third-order valence-electron chi connectivity index (χ3n) is 12.2. The van der Waals surface area contributed by atoms with Gasteiger partial charge in [-0.25, -0.2) is 28.7 Å². The quantitative estimate of drug-likeness (QED) is 0.0834. The zero-order valence-corrected chi connectivity index (χ0v) is 42.7. The summed E-state index contributed by atoms with van der Waals surface area (Å²) >= 11 is 30.4. The standard InChI is InChI=1S/C24H24Cl2N8O.C12H6Cl3N5O.C12H19N3/c1-32(2)16-10-11-33(13-16)15-8-6-14(7-9-15)29-23-28-12-17-21(27)34(24(35)31-22(17)30-23)20-18(25)4-3-5-19(20)26;13-6-2-1-3-7(14)8(6)20-9(16)5-4-17-11(15)18-10(5)19-12(20)21;1-14(2)12-7-8-15(9-12)11-5-3-10(13)4-6-11/h3-9,12,16H,10-11,13,27H2,1-2H3,(H,29,30,31,35);1-4H,16H2;3-6,12H,7-9,13H2,1-2H3/t16-;;12-/m1.1/s1. The summed E-state index contributed by atoms with van der Waals surface area (Å²) in [5.41, 5.74) is 21.6. The number of para-hydroxylation sites is 2. The first-order valence-electron chi connectivity index (χ1n) is 22.2. The third-order valence-corrected chi connectivity index (χ3v) is 13.6. The van der Waals surface area contributed by atoms with E-state index < -0.39 is 11.4 Å². The van der Waals surface area contributed by atoms with Gasteiger partial charge in [0.2, 0.25) is 11.2 Å². The molecule has 2 fully saturated rings. The number of nitrogens with one attached hydrogen (secondary N) is 1. The molecule has 71 heavy (non-hydrogen) atoms. The van der Waals surface area contributed by atoms with E-state index in [1.54, 1.807) is 36.4 Å². The summed E-state index contributed by atoms with van der Waals surface area (Å²) in [5, 5.41) is 5.02. The lowest BCUT2D eigenvalue weighted by Gasteiger charge is -2.22. The van der Waals surface area contributed by atoms with Crippen molar-refractivity contribution in [2.24, 2.45) is 0 Å². The van der Waals surface area contributed by atoms with Crippen LogP contribution in [0, 0.1) is 0 Å². The van der Waals surface area contributed by atoms with E-state index in [0.717, 1.165) is 48.5 Å². The molecular formula is C48H49Cl5N16O2. The number of nitrogens with zero attached hydrogens (tertiary/aromatic N) is 12. The molecule has 0 unspecified atom stereocenters. The van der Waals surface area contributed by atoms with Gasteiger partial charge in [0.15, 0.2) is 11.3 Å². The van der Waals surface area contributed by atoms with Gasteiger partial charge >= 0.3 is 11.4 Å². The van der Waals surface area contributed by atoms with Gasteiger partial charge in [-0.2, -0.15) is 19.9 Å². The highest BCUT2D eigenvalue weighted by Gasteiger charge is 2.25. The molecule has 0 aliphatic carbocycles. The molecule has 2 aliphatic rings. The molecule has 10 rings (SSSR count). The van der Waals surface area contributed by atoms with Crippen LogP contribution in [0.15, 0.2) is 107 Å². The smallest absolute Gasteiger partial charge is 0.355 e. The summed E-state index contributed by atoms with van der Waals surface area (Å²) in [4.78, 5) is 58.8. The molecule has 0 radical (unpaired) electrons. The second-order valence-corrected chi connectivity index (χ2v) is 19.1. The van der Waals surface area contributed by atoms with Crippen molar-refractivity contribution in [1.82, 2.24) is 48.8 Å². The van der Waals surface area contributed by atoms with Crippen LogP contribution in [-0.2, 0) is 0 Å². The minimum atomic E-state index is -0.662. The van der Waals surface area contributed by atoms with Gasteiger partial charge in [0.25, 0.3) is 0 Å². The zero-order chi connectivity index (χ0) is 50.7. The number of nitrogens with two attached hydrogens (primary N) is 3. The maximum absolute atomic E-state index is 12.8. The zero-order valence-electron chi connectivity index (χ0n) is 38.9. The highest BCUT2D eigenvalue weighted by Crippen LogP contribution is 2.33. The van der Waals surface area contributed by atoms with Crippen molar-refractivity contribution in [3.05, 3.63) is 144 Å². The van der Waals surface area contributed by atoms with Crippen LogP contribution in [0.1, 0.15) is 12.8 Å². The molecule has 2 aliphatic heterocycles. The molecule has 4 aromatic carbocycles. The fraction of sp³-hybridized carbons (Fsp3) is 0.250. The highest BCUT2D eigenvalue weighted by atomic mass is 35.5. The van der Waals surface area contributed by atoms with Gasteiger partial charge in [-0.1, -0.05) is 58.5 Å². The van der Waals surface area contributed by atoms with Crippen LogP contribution in [0.25, 0.3) is 33.4 Å². The predicted molar refractivity (Wildman–Crippen MR) is 289 cm³/mol. The van der Waals surface area contributed by atoms with Crippen LogP contribution in [0.4, 0.5) is 40.3 Å². The molecule has 0 spiro atoms. The Labute approximate surface area is 433 Å². The summed E-state index contributed by atoms with van der Waals surface area (Å²) in [6.45, 7) is 4.31. The molecule has 2 saturated heterocycles. The molecule has 2 atom stereocenters. The van der Waals surface area contributed by atoms with Crippen molar-refractivity contribution in [3.8, 4) is 11.4 Å². The molecule has 368 valence electrons. The van der Waals surface area contributed by atoms with Gasteiger partial charge in [0, 0.05) is 73.4 Å². The van der Waals surface area contributed by atoms with Crippen molar-refractivity contribution in [1.29, 1.82) is 0 Å². The Morgan fingerprint density at radius 1 is 0.563 bits per heavy atom. The number of hydrogen-bond acceptors (Lipinski definition) is 16. The molecule has 18 nitrogen and oxygen atoms in total. The summed E-state index contributed by atoms with van der Waals surface area (Å²) < 4.78 is 2.28. The van der Waals surface area contributed by atoms with Crippen LogP contribution in [0.3, 0.4) is 0 Å². The van der Waals surface area contributed by atoms with Crippen molar-refractivity contribution < 1.29 is 0 Å². The van der Waals surface area contributed by atoms with E-state index in [2.05, 4.69) is 107 Å². The summed E-state index contributed by atoms with van der Waals surface area (Å²) in [6, 6.07) is 27.3. The van der Waals surface area contributed by atoms with Gasteiger partial charge in [-0.15, -0.1) is 0 Å². The van der Waals surface area contributed by atoms with Gasteiger partial charge in [0.1, 0.15) is 11.6 Å². The molecule has 23 heteroatoms. The van der Waals surface area contributed by atoms with Crippen LogP contribution < -0.4 is 43.7 Å². The molecule has 0 bridgehead atoms. The first-order valence-corrected chi connectivity index (χ1v) is 24.1. The van der Waals surface area contributed by atoms with Crippen LogP contribution in [0.5, 0.6) is 0 Å². The molecule has 8 aromatic rings. The Balaban J connectivity index is 0.000000159. The second kappa shape index (κ2) is 21.9. The Hall–Kier alpha value is -6.51. The fourth-order valence-corrected chi connectivity index (χ4v) is 9.51. The summed E-state index contributed by atoms with van der Waals surface area (Å²) in [5.74, 6) is 0.489. The van der Waals surface area contributed by atoms with Crippen LogP contribution in [0.2, 0.25) is 25.4 Å². The summed E-state index contributed by atoms with van der Waals surface area (Å²) in [7, 11) is 8.54. The lowest BCUT2D eigenvalue weighted by molar-refractivity contribution is 0.315. The Morgan fingerprint density at radius 2 is 0.986 bits per heavy atom. The number of anilines is 7. The largest absolute Gasteiger partial charge is 0.399 e. The second-order valence-electron chi connectivity index (χ2n) is 17.1.